The molecule has 2 aromatic heterocycles. The quantitative estimate of drug-likeness (QED) is 0.687. The number of aliphatic hydroxyl groups excluding tert-OH is 1. The van der Waals surface area contributed by atoms with E-state index in [9.17, 15) is 9.90 Å². The normalized spacial score (nSPS) is 24.2. The number of amides is 2. The molecule has 2 amide bonds. The fourth-order valence-electron chi connectivity index (χ4n) is 4.43. The zero-order chi connectivity index (χ0) is 20.8. The Morgan fingerprint density at radius 2 is 2.10 bits per heavy atom. The minimum Gasteiger partial charge on any atom is -0.393 e. The van der Waals surface area contributed by atoms with E-state index in [0.29, 0.717) is 36.4 Å². The summed E-state index contributed by atoms with van der Waals surface area (Å²) >= 11 is 6.08. The van der Waals surface area contributed by atoms with Crippen molar-refractivity contribution in [2.75, 3.05) is 0 Å². The molecule has 8 nitrogen and oxygen atoms in total. The number of pyridine rings is 1. The van der Waals surface area contributed by atoms with Gasteiger partial charge in [-0.25, -0.2) is 14.8 Å². The number of aryl methyl sites for hydroxylation is 1. The molecule has 158 valence electrons. The molecule has 30 heavy (non-hydrogen) atoms. The molecule has 0 bridgehead atoms. The Morgan fingerprint density at radius 3 is 2.87 bits per heavy atom. The van der Waals surface area contributed by atoms with Gasteiger partial charge in [-0.1, -0.05) is 11.6 Å². The first-order chi connectivity index (χ1) is 14.5. The number of aromatic nitrogens is 3. The summed E-state index contributed by atoms with van der Waals surface area (Å²) in [5.74, 6) is 0.776. The molecule has 9 heteroatoms. The first-order valence-corrected chi connectivity index (χ1v) is 10.9. The Bertz CT molecular complexity index is 1030. The highest BCUT2D eigenvalue weighted by Gasteiger charge is 2.50. The summed E-state index contributed by atoms with van der Waals surface area (Å²) in [6.45, 7) is 2.86. The van der Waals surface area contributed by atoms with Gasteiger partial charge in [0.1, 0.15) is 11.0 Å². The van der Waals surface area contributed by atoms with E-state index >= 15 is 0 Å². The van der Waals surface area contributed by atoms with Gasteiger partial charge in [0.2, 0.25) is 0 Å². The van der Waals surface area contributed by atoms with Gasteiger partial charge in [-0.15, -0.1) is 0 Å². The van der Waals surface area contributed by atoms with Crippen molar-refractivity contribution in [2.45, 2.75) is 69.9 Å². The Kier molecular flexibility index (Phi) is 4.99. The topological polar surface area (TPSA) is 86.9 Å². The molecule has 0 radical (unpaired) electrons. The standard InChI is InChI=1S/C21H25ClN6O2/c1-13(29)3-2-10-26-16-6-7-18(22)24-20(16)25-19(26)12-27-17-11-23-9-8-15(17)28(21(27)30)14-4-5-14/h6-9,11,13-15,17,29H,2-5,10,12H2,1H3. The number of hydrogen-bond acceptors (Lipinski definition) is 5. The van der Waals surface area contributed by atoms with E-state index in [0.717, 1.165) is 30.6 Å². The predicted molar refractivity (Wildman–Crippen MR) is 114 cm³/mol. The van der Waals surface area contributed by atoms with Crippen LogP contribution in [0.2, 0.25) is 5.15 Å². The predicted octanol–water partition coefficient (Wildman–Crippen LogP) is 2.98. The van der Waals surface area contributed by atoms with Crippen LogP contribution in [0.25, 0.3) is 11.2 Å². The summed E-state index contributed by atoms with van der Waals surface area (Å²) in [4.78, 5) is 30.5. The third-order valence-electron chi connectivity index (χ3n) is 6.02. The molecule has 2 aromatic rings. The van der Waals surface area contributed by atoms with Crippen LogP contribution in [0.1, 0.15) is 38.4 Å². The average Bonchev–Trinajstić information content (AvgIpc) is 3.44. The van der Waals surface area contributed by atoms with E-state index in [2.05, 4.69) is 14.5 Å². The molecule has 0 aromatic carbocycles. The summed E-state index contributed by atoms with van der Waals surface area (Å²) in [6.07, 6.45) is 8.94. The highest BCUT2D eigenvalue weighted by Crippen LogP contribution is 2.37. The third kappa shape index (κ3) is 3.48. The fraction of sp³-hybridized carbons (Fsp3) is 0.524. The van der Waals surface area contributed by atoms with Crippen LogP contribution in [-0.4, -0.2) is 65.9 Å². The number of carbonyl (C=O) groups excluding carboxylic acids is 1. The van der Waals surface area contributed by atoms with Crippen LogP contribution >= 0.6 is 11.6 Å². The molecule has 3 atom stereocenters. The lowest BCUT2D eigenvalue weighted by Gasteiger charge is -2.24. The number of rotatable bonds is 7. The number of halogens is 1. The van der Waals surface area contributed by atoms with Crippen molar-refractivity contribution in [3.63, 3.8) is 0 Å². The number of fused-ring (bicyclic) bond motifs is 2. The number of aliphatic imine (C=N–C) groups is 1. The molecule has 1 saturated carbocycles. The van der Waals surface area contributed by atoms with E-state index in [4.69, 9.17) is 16.6 Å². The maximum atomic E-state index is 13.3. The maximum absolute atomic E-state index is 13.3. The lowest BCUT2D eigenvalue weighted by molar-refractivity contribution is 0.178. The molecule has 1 N–H and O–H groups in total. The van der Waals surface area contributed by atoms with Gasteiger partial charge in [0.15, 0.2) is 5.65 Å². The zero-order valence-electron chi connectivity index (χ0n) is 16.9. The zero-order valence-corrected chi connectivity index (χ0v) is 17.6. The molecular weight excluding hydrogens is 404 g/mol. The number of hydrogen-bond donors (Lipinski definition) is 1. The Morgan fingerprint density at radius 1 is 1.27 bits per heavy atom. The smallest absolute Gasteiger partial charge is 0.321 e. The van der Waals surface area contributed by atoms with Crippen molar-refractivity contribution in [3.8, 4) is 0 Å². The molecule has 4 heterocycles. The average molecular weight is 429 g/mol. The van der Waals surface area contributed by atoms with Gasteiger partial charge >= 0.3 is 6.03 Å². The lowest BCUT2D eigenvalue weighted by Crippen LogP contribution is -2.39. The molecule has 5 rings (SSSR count). The first kappa shape index (κ1) is 19.5. The van der Waals surface area contributed by atoms with E-state index < -0.39 is 0 Å². The number of carbonyl (C=O) groups is 1. The van der Waals surface area contributed by atoms with E-state index in [1.54, 1.807) is 19.2 Å². The van der Waals surface area contributed by atoms with Crippen molar-refractivity contribution in [3.05, 3.63) is 35.4 Å². The lowest BCUT2D eigenvalue weighted by atomic mass is 10.1. The number of nitrogens with zero attached hydrogens (tertiary/aromatic N) is 6. The second-order valence-electron chi connectivity index (χ2n) is 8.32. The highest BCUT2D eigenvalue weighted by molar-refractivity contribution is 6.29. The highest BCUT2D eigenvalue weighted by atomic mass is 35.5. The summed E-state index contributed by atoms with van der Waals surface area (Å²) < 4.78 is 2.10. The van der Waals surface area contributed by atoms with Gasteiger partial charge in [0.05, 0.1) is 30.2 Å². The van der Waals surface area contributed by atoms with Crippen LogP contribution < -0.4 is 0 Å². The second kappa shape index (κ2) is 7.67. The van der Waals surface area contributed by atoms with Gasteiger partial charge < -0.3 is 19.5 Å². The number of imidazole rings is 1. The Labute approximate surface area is 179 Å². The monoisotopic (exact) mass is 428 g/mol. The van der Waals surface area contributed by atoms with E-state index in [-0.39, 0.29) is 24.2 Å². The summed E-state index contributed by atoms with van der Waals surface area (Å²) in [7, 11) is 0. The summed E-state index contributed by atoms with van der Waals surface area (Å²) in [5, 5.41) is 10.0. The Hall–Kier alpha value is -2.45. The second-order valence-corrected chi connectivity index (χ2v) is 8.70. The maximum Gasteiger partial charge on any atom is 0.321 e. The van der Waals surface area contributed by atoms with Crippen LogP contribution in [0.15, 0.2) is 29.4 Å². The summed E-state index contributed by atoms with van der Waals surface area (Å²) in [5.41, 5.74) is 1.47. The van der Waals surface area contributed by atoms with Gasteiger partial charge in [-0.05, 0) is 50.8 Å². The largest absolute Gasteiger partial charge is 0.393 e. The van der Waals surface area contributed by atoms with Crippen molar-refractivity contribution in [1.82, 2.24) is 24.3 Å². The molecule has 1 aliphatic carbocycles. The third-order valence-corrected chi connectivity index (χ3v) is 6.23. The summed E-state index contributed by atoms with van der Waals surface area (Å²) in [6, 6.07) is 3.98. The fourth-order valence-corrected chi connectivity index (χ4v) is 4.57. The molecular formula is C21H25ClN6O2. The Balaban J connectivity index is 1.47. The van der Waals surface area contributed by atoms with Gasteiger partial charge in [-0.3, -0.25) is 4.99 Å². The van der Waals surface area contributed by atoms with Gasteiger partial charge in [0, 0.05) is 25.0 Å². The molecule has 3 aliphatic rings. The minimum absolute atomic E-state index is 0.0307. The van der Waals surface area contributed by atoms with Gasteiger partial charge in [-0.2, -0.15) is 0 Å². The van der Waals surface area contributed by atoms with Crippen molar-refractivity contribution in [2.24, 2.45) is 4.99 Å². The van der Waals surface area contributed by atoms with Crippen LogP contribution in [0.3, 0.4) is 0 Å². The van der Waals surface area contributed by atoms with Crippen LogP contribution in [0.4, 0.5) is 4.79 Å². The number of urea groups is 1. The van der Waals surface area contributed by atoms with Gasteiger partial charge in [0.25, 0.3) is 0 Å². The molecule has 0 spiro atoms. The van der Waals surface area contributed by atoms with Crippen LogP contribution in [0.5, 0.6) is 0 Å². The van der Waals surface area contributed by atoms with E-state index in [1.165, 1.54) is 0 Å². The van der Waals surface area contributed by atoms with Crippen molar-refractivity contribution in [1.29, 1.82) is 0 Å². The first-order valence-electron chi connectivity index (χ1n) is 10.5. The number of aliphatic hydroxyl groups is 1. The van der Waals surface area contributed by atoms with Crippen molar-refractivity contribution < 1.29 is 9.90 Å². The molecule has 3 unspecified atom stereocenters. The van der Waals surface area contributed by atoms with Crippen LogP contribution in [0, 0.1) is 0 Å². The minimum atomic E-state index is -0.353. The molecule has 1 saturated heterocycles. The van der Waals surface area contributed by atoms with E-state index in [1.807, 2.05) is 28.2 Å². The molecule has 2 aliphatic heterocycles. The SMILES string of the molecule is CC(O)CCCn1c(CN2C(=O)N(C3CC3)C3C=CN=CC32)nc2nc(Cl)ccc21. The van der Waals surface area contributed by atoms with Crippen molar-refractivity contribution >= 4 is 35.0 Å². The van der Waals surface area contributed by atoms with Crippen LogP contribution in [-0.2, 0) is 13.1 Å². The molecule has 2 fully saturated rings.